The molecule has 33 heavy (non-hydrogen) atoms. The van der Waals surface area contributed by atoms with Gasteiger partial charge in [0, 0.05) is 56.9 Å². The molecule has 0 spiro atoms. The van der Waals surface area contributed by atoms with Gasteiger partial charge in [0.15, 0.2) is 5.75 Å². The minimum absolute atomic E-state index is 0.145. The van der Waals surface area contributed by atoms with Crippen LogP contribution in [-0.2, 0) is 13.0 Å². The number of fused-ring (bicyclic) bond motifs is 2. The fourth-order valence-electron chi connectivity index (χ4n) is 4.67. The highest BCUT2D eigenvalue weighted by Crippen LogP contribution is 2.40. The molecule has 2 amide bonds. The Kier molecular flexibility index (Phi) is 5.25. The third-order valence-corrected chi connectivity index (χ3v) is 6.56. The molecule has 1 fully saturated rings. The number of carbonyl (C=O) groups excluding carboxylic acids is 2. The minimum Gasteiger partial charge on any atom is -0.505 e. The van der Waals surface area contributed by atoms with Gasteiger partial charge in [-0.3, -0.25) is 14.6 Å². The van der Waals surface area contributed by atoms with Crippen LogP contribution in [0.4, 0.5) is 4.39 Å². The number of piperazine rings is 1. The number of hydrogen-bond donors (Lipinski definition) is 1. The Morgan fingerprint density at radius 1 is 1.09 bits per heavy atom. The maximum Gasteiger partial charge on any atom is 0.258 e. The van der Waals surface area contributed by atoms with Crippen molar-refractivity contribution in [2.24, 2.45) is 0 Å². The van der Waals surface area contributed by atoms with E-state index in [0.29, 0.717) is 36.0 Å². The van der Waals surface area contributed by atoms with Gasteiger partial charge in [-0.25, -0.2) is 4.39 Å². The van der Waals surface area contributed by atoms with Gasteiger partial charge < -0.3 is 19.8 Å². The molecule has 3 aromatic rings. The molecule has 1 saturated heterocycles. The van der Waals surface area contributed by atoms with E-state index in [1.807, 2.05) is 18.0 Å². The zero-order valence-corrected chi connectivity index (χ0v) is 18.6. The van der Waals surface area contributed by atoms with Crippen LogP contribution in [0.3, 0.4) is 0 Å². The number of phenols is 1. The molecule has 2 aliphatic heterocycles. The van der Waals surface area contributed by atoms with Crippen molar-refractivity contribution < 1.29 is 19.1 Å². The Morgan fingerprint density at radius 2 is 1.79 bits per heavy atom. The smallest absolute Gasteiger partial charge is 0.258 e. The van der Waals surface area contributed by atoms with E-state index in [1.54, 1.807) is 25.4 Å². The van der Waals surface area contributed by atoms with Crippen molar-refractivity contribution in [1.82, 2.24) is 19.7 Å². The van der Waals surface area contributed by atoms with Crippen LogP contribution in [0.15, 0.2) is 36.5 Å². The molecule has 1 N–H and O–H groups in total. The number of aromatic nitrogens is 1. The zero-order chi connectivity index (χ0) is 23.3. The van der Waals surface area contributed by atoms with Crippen LogP contribution in [0.25, 0.3) is 10.9 Å². The summed E-state index contributed by atoms with van der Waals surface area (Å²) in [5.41, 5.74) is 3.15. The first-order valence-electron chi connectivity index (χ1n) is 11.0. The number of phenolic OH excluding ortho intramolecular Hbond substituents is 1. The fraction of sp³-hybridized carbons (Fsp3) is 0.320. The monoisotopic (exact) mass is 448 g/mol. The summed E-state index contributed by atoms with van der Waals surface area (Å²) in [5.74, 6) is -0.940. The van der Waals surface area contributed by atoms with Crippen LogP contribution in [-0.4, -0.2) is 76.9 Å². The summed E-state index contributed by atoms with van der Waals surface area (Å²) < 4.78 is 13.3. The molecular weight excluding hydrogens is 423 g/mol. The Morgan fingerprint density at radius 3 is 2.48 bits per heavy atom. The minimum atomic E-state index is -0.311. The molecule has 3 heterocycles. The summed E-state index contributed by atoms with van der Waals surface area (Å²) >= 11 is 0. The van der Waals surface area contributed by atoms with Gasteiger partial charge in [-0.1, -0.05) is 12.1 Å². The summed E-state index contributed by atoms with van der Waals surface area (Å²) in [4.78, 5) is 36.4. The molecule has 5 rings (SSSR count). The summed E-state index contributed by atoms with van der Waals surface area (Å²) in [6, 6.07) is 8.10. The lowest BCUT2D eigenvalue weighted by atomic mass is 9.94. The molecule has 0 aliphatic carbocycles. The second kappa shape index (κ2) is 8.12. The van der Waals surface area contributed by atoms with Gasteiger partial charge in [0.05, 0.1) is 11.1 Å². The van der Waals surface area contributed by atoms with Crippen molar-refractivity contribution in [3.63, 3.8) is 0 Å². The largest absolute Gasteiger partial charge is 0.505 e. The average molecular weight is 448 g/mol. The van der Waals surface area contributed by atoms with E-state index in [4.69, 9.17) is 0 Å². The number of hydrogen-bond acceptors (Lipinski definition) is 5. The molecular formula is C25H25FN4O3. The number of amides is 2. The van der Waals surface area contributed by atoms with Crippen LogP contribution >= 0.6 is 0 Å². The van der Waals surface area contributed by atoms with Gasteiger partial charge in [0.1, 0.15) is 11.3 Å². The van der Waals surface area contributed by atoms with Crippen LogP contribution < -0.4 is 0 Å². The molecule has 1 aromatic heterocycles. The van der Waals surface area contributed by atoms with Gasteiger partial charge in [-0.15, -0.1) is 0 Å². The number of benzene rings is 2. The molecule has 8 heteroatoms. The normalized spacial score (nSPS) is 16.5. The van der Waals surface area contributed by atoms with Crippen LogP contribution in [0.2, 0.25) is 0 Å². The van der Waals surface area contributed by atoms with Crippen molar-refractivity contribution in [2.75, 3.05) is 40.3 Å². The first-order valence-corrected chi connectivity index (χ1v) is 11.0. The van der Waals surface area contributed by atoms with Crippen molar-refractivity contribution in [1.29, 1.82) is 0 Å². The predicted octanol–water partition coefficient (Wildman–Crippen LogP) is 2.64. The van der Waals surface area contributed by atoms with E-state index >= 15 is 0 Å². The second-order valence-corrected chi connectivity index (χ2v) is 8.88. The van der Waals surface area contributed by atoms with Gasteiger partial charge in [0.2, 0.25) is 0 Å². The first-order chi connectivity index (χ1) is 15.8. The molecule has 2 aromatic carbocycles. The van der Waals surface area contributed by atoms with Crippen molar-refractivity contribution in [2.45, 2.75) is 13.0 Å². The average Bonchev–Trinajstić information content (AvgIpc) is 3.10. The van der Waals surface area contributed by atoms with Gasteiger partial charge in [-0.2, -0.15) is 0 Å². The fourth-order valence-corrected chi connectivity index (χ4v) is 4.67. The summed E-state index contributed by atoms with van der Waals surface area (Å²) in [6.07, 6.45) is 2.13. The first kappa shape index (κ1) is 21.3. The highest BCUT2D eigenvalue weighted by molar-refractivity contribution is 6.15. The number of rotatable bonds is 3. The number of nitrogens with zero attached hydrogens (tertiary/aromatic N) is 4. The van der Waals surface area contributed by atoms with Crippen molar-refractivity contribution in [3.05, 3.63) is 70.2 Å². The highest BCUT2D eigenvalue weighted by atomic mass is 19.1. The lowest BCUT2D eigenvalue weighted by Crippen LogP contribution is -2.47. The van der Waals surface area contributed by atoms with Crippen LogP contribution in [0, 0.1) is 5.82 Å². The van der Waals surface area contributed by atoms with Crippen molar-refractivity contribution >= 4 is 22.7 Å². The van der Waals surface area contributed by atoms with Gasteiger partial charge in [-0.05, 0) is 42.8 Å². The third-order valence-electron chi connectivity index (χ3n) is 6.56. The maximum atomic E-state index is 13.7. The SMILES string of the molecule is CN1CCN(C(=O)c2c3c(c(O)c4ncc(Cc5ccc(F)cc5)cc24)C(=O)N(C)C3)CC1. The molecule has 170 valence electrons. The standard InChI is InChI=1S/C25H25FN4O3/c1-28-7-9-30(10-8-28)25(33)20-18-12-16(11-15-3-5-17(26)6-4-15)13-27-22(18)23(31)21-19(20)14-29(2)24(21)32/h3-6,12-13,31H,7-11,14H2,1-2H3. The lowest BCUT2D eigenvalue weighted by Gasteiger charge is -2.33. The Balaban J connectivity index is 1.65. The Labute approximate surface area is 191 Å². The highest BCUT2D eigenvalue weighted by Gasteiger charge is 2.36. The van der Waals surface area contributed by atoms with E-state index in [9.17, 15) is 19.1 Å². The van der Waals surface area contributed by atoms with Crippen LogP contribution in [0.5, 0.6) is 5.75 Å². The number of halogens is 1. The molecule has 0 atom stereocenters. The molecule has 0 radical (unpaired) electrons. The van der Waals surface area contributed by atoms with E-state index in [2.05, 4.69) is 9.88 Å². The van der Waals surface area contributed by atoms with E-state index in [-0.39, 0.29) is 41.0 Å². The molecule has 2 aliphatic rings. The molecule has 0 unspecified atom stereocenters. The maximum absolute atomic E-state index is 13.7. The molecule has 0 saturated carbocycles. The summed E-state index contributed by atoms with van der Waals surface area (Å²) in [6.45, 7) is 3.00. The second-order valence-electron chi connectivity index (χ2n) is 8.88. The van der Waals surface area contributed by atoms with Crippen LogP contribution in [0.1, 0.15) is 37.4 Å². The lowest BCUT2D eigenvalue weighted by molar-refractivity contribution is 0.0663. The van der Waals surface area contributed by atoms with E-state index in [1.165, 1.54) is 17.0 Å². The molecule has 7 nitrogen and oxygen atoms in total. The summed E-state index contributed by atoms with van der Waals surface area (Å²) in [7, 11) is 3.68. The number of aromatic hydroxyl groups is 1. The zero-order valence-electron chi connectivity index (χ0n) is 18.6. The van der Waals surface area contributed by atoms with Crippen molar-refractivity contribution in [3.8, 4) is 5.75 Å². The van der Waals surface area contributed by atoms with E-state index in [0.717, 1.165) is 24.2 Å². The Hall–Kier alpha value is -3.52. The predicted molar refractivity (Wildman–Crippen MR) is 122 cm³/mol. The van der Waals surface area contributed by atoms with E-state index < -0.39 is 0 Å². The van der Waals surface area contributed by atoms with Gasteiger partial charge in [0.25, 0.3) is 11.8 Å². The number of carbonyl (C=O) groups is 2. The number of likely N-dealkylation sites (N-methyl/N-ethyl adjacent to an activating group) is 1. The topological polar surface area (TPSA) is 77.0 Å². The third kappa shape index (κ3) is 3.70. The van der Waals surface area contributed by atoms with Gasteiger partial charge >= 0.3 is 0 Å². The summed E-state index contributed by atoms with van der Waals surface area (Å²) in [5, 5.41) is 11.5. The Bertz CT molecular complexity index is 1270. The molecule has 0 bridgehead atoms. The number of pyridine rings is 1. The quantitative estimate of drug-likeness (QED) is 0.667.